The summed E-state index contributed by atoms with van der Waals surface area (Å²) in [4.78, 5) is 15.6. The summed E-state index contributed by atoms with van der Waals surface area (Å²) in [5, 5.41) is 0. The Kier molecular flexibility index (Phi) is 4.53. The molecule has 0 aliphatic heterocycles. The van der Waals surface area contributed by atoms with Gasteiger partial charge in [-0.2, -0.15) is 0 Å². The smallest absolute Gasteiger partial charge is 0.233 e. The number of hydrogen-bond acceptors (Lipinski definition) is 2. The second kappa shape index (κ2) is 6.57. The van der Waals surface area contributed by atoms with E-state index in [1.165, 1.54) is 16.7 Å². The molecule has 0 spiro atoms. The third-order valence-corrected chi connectivity index (χ3v) is 5.34. The van der Waals surface area contributed by atoms with Gasteiger partial charge in [-0.15, -0.1) is 11.8 Å². The molecule has 3 rings (SSSR count). The van der Waals surface area contributed by atoms with Gasteiger partial charge in [0.2, 0.25) is 5.91 Å². The average Bonchev–Trinajstić information content (AvgIpc) is 2.97. The minimum Gasteiger partial charge on any atom is -0.338 e. The number of carbonyl (C=O) groups excluding carboxylic acids is 1. The van der Waals surface area contributed by atoms with E-state index in [9.17, 15) is 4.79 Å². The molecule has 0 bridgehead atoms. The lowest BCUT2D eigenvalue weighted by atomic mass is 10.1. The highest BCUT2D eigenvalue weighted by atomic mass is 32.2. The van der Waals surface area contributed by atoms with Crippen LogP contribution in [0, 0.1) is 6.92 Å². The maximum atomic E-state index is 12.5. The first-order valence-electron chi connectivity index (χ1n) is 7.68. The van der Waals surface area contributed by atoms with Gasteiger partial charge in [0.15, 0.2) is 0 Å². The summed E-state index contributed by atoms with van der Waals surface area (Å²) in [6, 6.07) is 17.1. The van der Waals surface area contributed by atoms with E-state index in [1.54, 1.807) is 11.8 Å². The maximum absolute atomic E-state index is 12.5. The van der Waals surface area contributed by atoms with Crippen molar-refractivity contribution in [1.29, 1.82) is 0 Å². The first kappa shape index (κ1) is 15.2. The molecular weight excluding hydrogens is 290 g/mol. The highest BCUT2D eigenvalue weighted by Crippen LogP contribution is 2.35. The van der Waals surface area contributed by atoms with Gasteiger partial charge in [0.1, 0.15) is 0 Å². The van der Waals surface area contributed by atoms with Crippen LogP contribution >= 0.6 is 11.8 Å². The third-order valence-electron chi connectivity index (χ3n) is 4.35. The summed E-state index contributed by atoms with van der Waals surface area (Å²) >= 11 is 1.61. The molecule has 1 unspecified atom stereocenters. The van der Waals surface area contributed by atoms with E-state index in [4.69, 9.17) is 0 Å². The molecule has 0 saturated heterocycles. The molecule has 0 N–H and O–H groups in total. The standard InChI is InChI=1S/C19H21NOS/c1-14-7-10-16(11-8-14)22-13-19(21)20(2)18-12-9-15-5-3-4-6-17(15)18/h3-8,10-11,18H,9,12-13H2,1-2H3. The van der Waals surface area contributed by atoms with Crippen molar-refractivity contribution >= 4 is 17.7 Å². The first-order valence-corrected chi connectivity index (χ1v) is 8.66. The number of amides is 1. The molecule has 0 radical (unpaired) electrons. The van der Waals surface area contributed by atoms with Gasteiger partial charge in [-0.25, -0.2) is 0 Å². The molecule has 1 aliphatic rings. The Bertz CT molecular complexity index is 665. The molecule has 1 aliphatic carbocycles. The third kappa shape index (κ3) is 3.20. The molecular formula is C19H21NOS. The van der Waals surface area contributed by atoms with Crippen molar-refractivity contribution in [3.8, 4) is 0 Å². The van der Waals surface area contributed by atoms with Crippen molar-refractivity contribution < 1.29 is 4.79 Å². The molecule has 114 valence electrons. The zero-order chi connectivity index (χ0) is 15.5. The molecule has 1 atom stereocenters. The predicted octanol–water partition coefficient (Wildman–Crippen LogP) is 4.23. The van der Waals surface area contributed by atoms with E-state index in [0.717, 1.165) is 17.7 Å². The largest absolute Gasteiger partial charge is 0.338 e. The summed E-state index contributed by atoms with van der Waals surface area (Å²) < 4.78 is 0. The van der Waals surface area contributed by atoms with Gasteiger partial charge in [0.25, 0.3) is 0 Å². The molecule has 3 heteroatoms. The van der Waals surface area contributed by atoms with Crippen LogP contribution in [0.1, 0.15) is 29.2 Å². The minimum atomic E-state index is 0.201. The van der Waals surface area contributed by atoms with E-state index < -0.39 is 0 Å². The Hall–Kier alpha value is -1.74. The fourth-order valence-electron chi connectivity index (χ4n) is 2.99. The summed E-state index contributed by atoms with van der Waals surface area (Å²) in [6.07, 6.45) is 2.11. The van der Waals surface area contributed by atoms with Crippen LogP contribution in [0.4, 0.5) is 0 Å². The van der Waals surface area contributed by atoms with Crippen LogP contribution in [0.5, 0.6) is 0 Å². The Morgan fingerprint density at radius 2 is 1.91 bits per heavy atom. The number of hydrogen-bond donors (Lipinski definition) is 0. The Morgan fingerprint density at radius 1 is 1.18 bits per heavy atom. The Labute approximate surface area is 136 Å². The Morgan fingerprint density at radius 3 is 2.68 bits per heavy atom. The summed E-state index contributed by atoms with van der Waals surface area (Å²) in [5.41, 5.74) is 3.95. The molecule has 1 amide bonds. The van der Waals surface area contributed by atoms with Crippen molar-refractivity contribution in [3.63, 3.8) is 0 Å². The Balaban J connectivity index is 1.62. The number of benzene rings is 2. The van der Waals surface area contributed by atoms with E-state index >= 15 is 0 Å². The average molecular weight is 311 g/mol. The van der Waals surface area contributed by atoms with Gasteiger partial charge in [-0.3, -0.25) is 4.79 Å². The van der Waals surface area contributed by atoms with E-state index in [2.05, 4.69) is 55.5 Å². The van der Waals surface area contributed by atoms with Gasteiger partial charge in [-0.05, 0) is 43.0 Å². The highest BCUT2D eigenvalue weighted by Gasteiger charge is 2.28. The molecule has 22 heavy (non-hydrogen) atoms. The molecule has 0 fully saturated rings. The van der Waals surface area contributed by atoms with Crippen molar-refractivity contribution in [2.24, 2.45) is 0 Å². The SMILES string of the molecule is Cc1ccc(SCC(=O)N(C)C2CCc3ccccc32)cc1. The summed E-state index contributed by atoms with van der Waals surface area (Å²) in [6.45, 7) is 2.07. The zero-order valence-electron chi connectivity index (χ0n) is 13.1. The van der Waals surface area contributed by atoms with Crippen LogP contribution in [0.15, 0.2) is 53.4 Å². The monoisotopic (exact) mass is 311 g/mol. The quantitative estimate of drug-likeness (QED) is 0.787. The van der Waals surface area contributed by atoms with E-state index in [-0.39, 0.29) is 11.9 Å². The minimum absolute atomic E-state index is 0.201. The molecule has 2 aromatic carbocycles. The second-order valence-electron chi connectivity index (χ2n) is 5.86. The number of aryl methyl sites for hydroxylation is 2. The second-order valence-corrected chi connectivity index (χ2v) is 6.91. The van der Waals surface area contributed by atoms with Gasteiger partial charge in [0.05, 0.1) is 11.8 Å². The number of nitrogens with zero attached hydrogens (tertiary/aromatic N) is 1. The zero-order valence-corrected chi connectivity index (χ0v) is 13.9. The van der Waals surface area contributed by atoms with Crippen LogP contribution in [0.2, 0.25) is 0 Å². The topological polar surface area (TPSA) is 20.3 Å². The molecule has 0 heterocycles. The van der Waals surface area contributed by atoms with Crippen LogP contribution in [-0.2, 0) is 11.2 Å². The van der Waals surface area contributed by atoms with Crippen LogP contribution in [-0.4, -0.2) is 23.6 Å². The highest BCUT2D eigenvalue weighted by molar-refractivity contribution is 8.00. The normalized spacial score (nSPS) is 16.4. The first-order chi connectivity index (χ1) is 10.6. The van der Waals surface area contributed by atoms with E-state index in [0.29, 0.717) is 5.75 Å². The predicted molar refractivity (Wildman–Crippen MR) is 92.2 cm³/mol. The fourth-order valence-corrected chi connectivity index (χ4v) is 3.81. The van der Waals surface area contributed by atoms with Crippen molar-refractivity contribution in [1.82, 2.24) is 4.90 Å². The number of carbonyl (C=O) groups is 1. The number of thioether (sulfide) groups is 1. The van der Waals surface area contributed by atoms with E-state index in [1.807, 2.05) is 11.9 Å². The summed E-state index contributed by atoms with van der Waals surface area (Å²) in [5.74, 6) is 0.699. The van der Waals surface area contributed by atoms with Gasteiger partial charge < -0.3 is 4.90 Å². The molecule has 0 saturated carbocycles. The lowest BCUT2D eigenvalue weighted by Crippen LogP contribution is -2.31. The molecule has 2 nitrogen and oxygen atoms in total. The van der Waals surface area contributed by atoms with Crippen molar-refractivity contribution in [3.05, 3.63) is 65.2 Å². The van der Waals surface area contributed by atoms with Crippen LogP contribution in [0.3, 0.4) is 0 Å². The number of rotatable bonds is 4. The maximum Gasteiger partial charge on any atom is 0.233 e. The summed E-state index contributed by atoms with van der Waals surface area (Å²) in [7, 11) is 1.94. The van der Waals surface area contributed by atoms with Crippen LogP contribution < -0.4 is 0 Å². The lowest BCUT2D eigenvalue weighted by molar-refractivity contribution is -0.129. The van der Waals surface area contributed by atoms with Gasteiger partial charge in [0, 0.05) is 11.9 Å². The lowest BCUT2D eigenvalue weighted by Gasteiger charge is -2.25. The van der Waals surface area contributed by atoms with Crippen LogP contribution in [0.25, 0.3) is 0 Å². The number of fused-ring (bicyclic) bond motifs is 1. The van der Waals surface area contributed by atoms with Crippen molar-refractivity contribution in [2.75, 3.05) is 12.8 Å². The fraction of sp³-hybridized carbons (Fsp3) is 0.316. The van der Waals surface area contributed by atoms with Gasteiger partial charge >= 0.3 is 0 Å². The van der Waals surface area contributed by atoms with Crippen molar-refractivity contribution in [2.45, 2.75) is 30.7 Å². The molecule has 0 aromatic heterocycles. The molecule has 2 aromatic rings. The van der Waals surface area contributed by atoms with Gasteiger partial charge in [-0.1, -0.05) is 42.0 Å².